The lowest BCUT2D eigenvalue weighted by Crippen LogP contribution is -2.24. The monoisotopic (exact) mass is 332 g/mol. The topological polar surface area (TPSA) is 66.5 Å². The van der Waals surface area contributed by atoms with Crippen LogP contribution in [0.2, 0.25) is 0 Å². The molecule has 0 saturated heterocycles. The van der Waals surface area contributed by atoms with Crippen molar-refractivity contribution >= 4 is 15.9 Å². The van der Waals surface area contributed by atoms with Gasteiger partial charge in [0.15, 0.2) is 0 Å². The van der Waals surface area contributed by atoms with Crippen molar-refractivity contribution in [1.82, 2.24) is 9.62 Å². The Hall–Kier alpha value is -2.18. The molecular formula is C17H20N2O3S. The molecule has 0 spiro atoms. The molecule has 0 radical (unpaired) electrons. The van der Waals surface area contributed by atoms with Gasteiger partial charge in [-0.3, -0.25) is 4.79 Å². The minimum Gasteiger partial charge on any atom is -0.348 e. The van der Waals surface area contributed by atoms with Gasteiger partial charge in [-0.1, -0.05) is 29.8 Å². The Balaban J connectivity index is 2.06. The molecule has 0 aliphatic carbocycles. The van der Waals surface area contributed by atoms with E-state index in [1.165, 1.54) is 38.4 Å². The number of amides is 1. The van der Waals surface area contributed by atoms with Crippen molar-refractivity contribution in [2.24, 2.45) is 0 Å². The molecule has 23 heavy (non-hydrogen) atoms. The molecule has 6 heteroatoms. The first-order valence-electron chi connectivity index (χ1n) is 7.17. The number of hydrogen-bond donors (Lipinski definition) is 1. The fourth-order valence-corrected chi connectivity index (χ4v) is 3.00. The van der Waals surface area contributed by atoms with Crippen molar-refractivity contribution in [3.8, 4) is 0 Å². The smallest absolute Gasteiger partial charge is 0.251 e. The molecule has 5 nitrogen and oxygen atoms in total. The Kier molecular flexibility index (Phi) is 5.18. The third-order valence-corrected chi connectivity index (χ3v) is 5.26. The van der Waals surface area contributed by atoms with Gasteiger partial charge in [0.1, 0.15) is 0 Å². The van der Waals surface area contributed by atoms with Crippen molar-refractivity contribution < 1.29 is 13.2 Å². The highest BCUT2D eigenvalue weighted by Crippen LogP contribution is 2.14. The van der Waals surface area contributed by atoms with Gasteiger partial charge in [-0.2, -0.15) is 0 Å². The van der Waals surface area contributed by atoms with Gasteiger partial charge < -0.3 is 5.32 Å². The molecule has 2 rings (SSSR count). The summed E-state index contributed by atoms with van der Waals surface area (Å²) in [6, 6.07) is 13.8. The summed E-state index contributed by atoms with van der Waals surface area (Å²) in [4.78, 5) is 12.3. The van der Waals surface area contributed by atoms with Crippen LogP contribution in [0.15, 0.2) is 53.4 Å². The lowest BCUT2D eigenvalue weighted by Gasteiger charge is -2.11. The number of aryl methyl sites for hydroxylation is 1. The van der Waals surface area contributed by atoms with Crippen LogP contribution in [-0.2, 0) is 16.6 Å². The van der Waals surface area contributed by atoms with Gasteiger partial charge >= 0.3 is 0 Å². The van der Waals surface area contributed by atoms with E-state index in [4.69, 9.17) is 0 Å². The van der Waals surface area contributed by atoms with E-state index in [2.05, 4.69) is 5.32 Å². The van der Waals surface area contributed by atoms with E-state index in [1.54, 1.807) is 0 Å². The third-order valence-electron chi connectivity index (χ3n) is 3.43. The Morgan fingerprint density at radius 3 is 2.30 bits per heavy atom. The molecule has 0 fully saturated rings. The summed E-state index contributed by atoms with van der Waals surface area (Å²) in [5.41, 5.74) is 2.58. The molecule has 0 bridgehead atoms. The van der Waals surface area contributed by atoms with Crippen LogP contribution < -0.4 is 5.32 Å². The van der Waals surface area contributed by atoms with Gasteiger partial charge in [-0.25, -0.2) is 12.7 Å². The molecule has 0 aliphatic heterocycles. The second-order valence-corrected chi connectivity index (χ2v) is 7.64. The van der Waals surface area contributed by atoms with Crippen molar-refractivity contribution in [2.75, 3.05) is 14.1 Å². The van der Waals surface area contributed by atoms with Crippen LogP contribution in [0.3, 0.4) is 0 Å². The van der Waals surface area contributed by atoms with E-state index < -0.39 is 10.0 Å². The molecule has 2 aromatic carbocycles. The zero-order valence-corrected chi connectivity index (χ0v) is 14.2. The lowest BCUT2D eigenvalue weighted by atomic mass is 10.1. The number of benzene rings is 2. The summed E-state index contributed by atoms with van der Waals surface area (Å²) < 4.78 is 25.1. The maximum atomic E-state index is 12.1. The Bertz CT molecular complexity index is 797. The van der Waals surface area contributed by atoms with Crippen LogP contribution >= 0.6 is 0 Å². The highest BCUT2D eigenvalue weighted by molar-refractivity contribution is 7.89. The summed E-state index contributed by atoms with van der Waals surface area (Å²) in [5.74, 6) is -0.236. The van der Waals surface area contributed by atoms with E-state index in [1.807, 2.05) is 31.2 Å². The molecule has 0 unspecified atom stereocenters. The standard InChI is InChI=1S/C17H20N2O3S/c1-13-5-4-6-14(11-13)12-18-17(20)15-7-9-16(10-8-15)23(21,22)19(2)3/h4-11H,12H2,1-3H3,(H,18,20). The van der Waals surface area contributed by atoms with Gasteiger partial charge in [-0.15, -0.1) is 0 Å². The average Bonchev–Trinajstić information content (AvgIpc) is 2.52. The summed E-state index contributed by atoms with van der Waals surface area (Å²) in [5, 5.41) is 2.82. The average molecular weight is 332 g/mol. The summed E-state index contributed by atoms with van der Waals surface area (Å²) >= 11 is 0. The predicted molar refractivity (Wildman–Crippen MR) is 89.7 cm³/mol. The van der Waals surface area contributed by atoms with E-state index >= 15 is 0 Å². The SMILES string of the molecule is Cc1cccc(CNC(=O)c2ccc(S(=O)(=O)N(C)C)cc2)c1. The number of rotatable bonds is 5. The van der Waals surface area contributed by atoms with E-state index in [0.29, 0.717) is 12.1 Å². The van der Waals surface area contributed by atoms with Gasteiger partial charge in [0, 0.05) is 26.2 Å². The molecule has 0 heterocycles. The minimum absolute atomic E-state index is 0.165. The van der Waals surface area contributed by atoms with E-state index in [-0.39, 0.29) is 10.8 Å². The van der Waals surface area contributed by atoms with Crippen LogP contribution in [0.1, 0.15) is 21.5 Å². The quantitative estimate of drug-likeness (QED) is 0.912. The maximum Gasteiger partial charge on any atom is 0.251 e. The fourth-order valence-electron chi connectivity index (χ4n) is 2.10. The molecule has 1 N–H and O–H groups in total. The van der Waals surface area contributed by atoms with Crippen molar-refractivity contribution in [2.45, 2.75) is 18.4 Å². The number of carbonyl (C=O) groups is 1. The molecular weight excluding hydrogens is 312 g/mol. The number of nitrogens with zero attached hydrogens (tertiary/aromatic N) is 1. The minimum atomic E-state index is -3.48. The fraction of sp³-hybridized carbons (Fsp3) is 0.235. The summed E-state index contributed by atoms with van der Waals surface area (Å²) in [6.45, 7) is 2.42. The van der Waals surface area contributed by atoms with Crippen LogP contribution in [0, 0.1) is 6.92 Å². The van der Waals surface area contributed by atoms with E-state index in [9.17, 15) is 13.2 Å². The number of nitrogens with one attached hydrogen (secondary N) is 1. The van der Waals surface area contributed by atoms with Crippen LogP contribution in [-0.4, -0.2) is 32.7 Å². The zero-order valence-electron chi connectivity index (χ0n) is 13.4. The summed E-state index contributed by atoms with van der Waals surface area (Å²) in [7, 11) is -0.538. The zero-order chi connectivity index (χ0) is 17.0. The maximum absolute atomic E-state index is 12.1. The van der Waals surface area contributed by atoms with Crippen molar-refractivity contribution in [3.63, 3.8) is 0 Å². The Morgan fingerprint density at radius 2 is 1.74 bits per heavy atom. The summed E-state index contributed by atoms with van der Waals surface area (Å²) in [6.07, 6.45) is 0. The van der Waals surface area contributed by atoms with Gasteiger partial charge in [0.2, 0.25) is 10.0 Å². The molecule has 0 atom stereocenters. The molecule has 2 aromatic rings. The van der Waals surface area contributed by atoms with Crippen LogP contribution in [0.25, 0.3) is 0 Å². The second-order valence-electron chi connectivity index (χ2n) is 5.48. The first-order chi connectivity index (χ1) is 10.8. The molecule has 122 valence electrons. The number of carbonyl (C=O) groups excluding carboxylic acids is 1. The highest BCUT2D eigenvalue weighted by atomic mass is 32.2. The lowest BCUT2D eigenvalue weighted by molar-refractivity contribution is 0.0951. The van der Waals surface area contributed by atoms with Crippen molar-refractivity contribution in [3.05, 3.63) is 65.2 Å². The van der Waals surface area contributed by atoms with Crippen LogP contribution in [0.5, 0.6) is 0 Å². The van der Waals surface area contributed by atoms with Gasteiger partial charge in [0.05, 0.1) is 4.90 Å². The molecule has 0 aliphatic rings. The predicted octanol–water partition coefficient (Wildman–Crippen LogP) is 2.18. The number of sulfonamides is 1. The molecule has 0 saturated carbocycles. The highest BCUT2D eigenvalue weighted by Gasteiger charge is 2.17. The van der Waals surface area contributed by atoms with Crippen LogP contribution in [0.4, 0.5) is 0 Å². The third kappa shape index (κ3) is 4.18. The number of hydrogen-bond acceptors (Lipinski definition) is 3. The van der Waals surface area contributed by atoms with Gasteiger partial charge in [-0.05, 0) is 36.8 Å². The van der Waals surface area contributed by atoms with Gasteiger partial charge in [0.25, 0.3) is 5.91 Å². The van der Waals surface area contributed by atoms with Crippen molar-refractivity contribution in [1.29, 1.82) is 0 Å². The van der Waals surface area contributed by atoms with E-state index in [0.717, 1.165) is 15.4 Å². The first-order valence-corrected chi connectivity index (χ1v) is 8.61. The first kappa shape index (κ1) is 17.2. The normalized spacial score (nSPS) is 11.5. The Labute approximate surface area is 137 Å². The molecule has 0 aromatic heterocycles. The largest absolute Gasteiger partial charge is 0.348 e. The Morgan fingerprint density at radius 1 is 1.09 bits per heavy atom. The second kappa shape index (κ2) is 6.93. The molecule has 1 amide bonds.